The van der Waals surface area contributed by atoms with Crippen LogP contribution in [0.5, 0.6) is 11.5 Å². The smallest absolute Gasteiger partial charge is 0.244 e. The van der Waals surface area contributed by atoms with Crippen molar-refractivity contribution in [2.24, 2.45) is 7.05 Å². The molecule has 30 heavy (non-hydrogen) atoms. The second kappa shape index (κ2) is 9.73. The van der Waals surface area contributed by atoms with Crippen LogP contribution >= 0.6 is 0 Å². The summed E-state index contributed by atoms with van der Waals surface area (Å²) in [6, 6.07) is 10.9. The molecule has 1 heterocycles. The fourth-order valence-electron chi connectivity index (χ4n) is 3.06. The summed E-state index contributed by atoms with van der Waals surface area (Å²) >= 11 is 0. The summed E-state index contributed by atoms with van der Waals surface area (Å²) < 4.78 is 26.4. The van der Waals surface area contributed by atoms with E-state index in [-0.39, 0.29) is 11.7 Å². The maximum atomic E-state index is 13.8. The molecule has 3 rings (SSSR count). The molecule has 0 aliphatic carbocycles. The number of amides is 1. The van der Waals surface area contributed by atoms with E-state index in [0.29, 0.717) is 29.5 Å². The van der Waals surface area contributed by atoms with E-state index in [1.54, 1.807) is 54.4 Å². The van der Waals surface area contributed by atoms with Crippen LogP contribution in [0.1, 0.15) is 29.9 Å². The highest BCUT2D eigenvalue weighted by molar-refractivity contribution is 5.92. The summed E-state index contributed by atoms with van der Waals surface area (Å²) in [5, 5.41) is 2.90. The maximum Gasteiger partial charge on any atom is 0.244 e. The van der Waals surface area contributed by atoms with Gasteiger partial charge in [0.15, 0.2) is 11.5 Å². The van der Waals surface area contributed by atoms with Gasteiger partial charge in [-0.1, -0.05) is 18.2 Å². The lowest BCUT2D eigenvalue weighted by Gasteiger charge is -2.18. The van der Waals surface area contributed by atoms with Crippen molar-refractivity contribution in [3.8, 4) is 11.5 Å². The average molecular weight is 409 g/mol. The Morgan fingerprint density at radius 3 is 2.77 bits per heavy atom. The van der Waals surface area contributed by atoms with Gasteiger partial charge in [0.1, 0.15) is 17.7 Å². The van der Waals surface area contributed by atoms with E-state index in [9.17, 15) is 9.18 Å². The highest BCUT2D eigenvalue weighted by Crippen LogP contribution is 2.28. The fourth-order valence-corrected chi connectivity index (χ4v) is 3.06. The lowest BCUT2D eigenvalue weighted by atomic mass is 10.1. The molecule has 1 amide bonds. The fraction of sp³-hybridized carbons (Fsp3) is 0.217. The predicted molar refractivity (Wildman–Crippen MR) is 113 cm³/mol. The first-order chi connectivity index (χ1) is 14.5. The van der Waals surface area contributed by atoms with E-state index < -0.39 is 6.04 Å². The van der Waals surface area contributed by atoms with Crippen molar-refractivity contribution < 1.29 is 18.7 Å². The monoisotopic (exact) mass is 409 g/mol. The molecule has 0 aliphatic heterocycles. The molecule has 0 fully saturated rings. The quantitative estimate of drug-likeness (QED) is 0.574. The van der Waals surface area contributed by atoms with E-state index >= 15 is 0 Å². The van der Waals surface area contributed by atoms with Crippen LogP contribution in [0.15, 0.2) is 60.9 Å². The summed E-state index contributed by atoms with van der Waals surface area (Å²) in [4.78, 5) is 16.9. The van der Waals surface area contributed by atoms with E-state index in [1.165, 1.54) is 18.2 Å². The van der Waals surface area contributed by atoms with Crippen molar-refractivity contribution in [1.82, 2.24) is 14.9 Å². The molecule has 6 nitrogen and oxygen atoms in total. The Hall–Kier alpha value is -3.61. The van der Waals surface area contributed by atoms with Gasteiger partial charge in [-0.25, -0.2) is 9.37 Å². The Balaban J connectivity index is 1.80. The molecule has 0 radical (unpaired) electrons. The average Bonchev–Trinajstić information content (AvgIpc) is 3.17. The molecule has 1 unspecified atom stereocenters. The maximum absolute atomic E-state index is 13.8. The minimum atomic E-state index is -0.590. The number of hydrogen-bond donors (Lipinski definition) is 1. The van der Waals surface area contributed by atoms with Crippen molar-refractivity contribution in [1.29, 1.82) is 0 Å². The Labute approximate surface area is 175 Å². The van der Waals surface area contributed by atoms with E-state index in [4.69, 9.17) is 9.47 Å². The Kier molecular flexibility index (Phi) is 6.85. The third-order valence-corrected chi connectivity index (χ3v) is 4.50. The molecule has 0 saturated heterocycles. The highest BCUT2D eigenvalue weighted by Gasteiger charge is 2.20. The van der Waals surface area contributed by atoms with Gasteiger partial charge >= 0.3 is 0 Å². The number of aryl methyl sites for hydroxylation is 1. The topological polar surface area (TPSA) is 65.4 Å². The second-order valence-corrected chi connectivity index (χ2v) is 6.57. The minimum absolute atomic E-state index is 0.333. The zero-order chi connectivity index (χ0) is 21.5. The summed E-state index contributed by atoms with van der Waals surface area (Å²) in [7, 11) is 3.39. The Morgan fingerprint density at radius 1 is 1.27 bits per heavy atom. The molecule has 0 bridgehead atoms. The van der Waals surface area contributed by atoms with E-state index in [1.807, 2.05) is 20.0 Å². The summed E-state index contributed by atoms with van der Waals surface area (Å²) in [6.07, 6.45) is 6.50. The number of rotatable bonds is 8. The number of aromatic nitrogens is 2. The van der Waals surface area contributed by atoms with Crippen LogP contribution in [-0.2, 0) is 11.8 Å². The van der Waals surface area contributed by atoms with Gasteiger partial charge in [-0.3, -0.25) is 4.79 Å². The van der Waals surface area contributed by atoms with Gasteiger partial charge in [0.2, 0.25) is 5.91 Å². The molecule has 1 N–H and O–H groups in total. The number of benzene rings is 2. The number of nitrogens with one attached hydrogen (secondary N) is 1. The lowest BCUT2D eigenvalue weighted by Crippen LogP contribution is -2.29. The van der Waals surface area contributed by atoms with Crippen LogP contribution < -0.4 is 14.8 Å². The molecular weight excluding hydrogens is 385 g/mol. The summed E-state index contributed by atoms with van der Waals surface area (Å²) in [6.45, 7) is 2.43. The number of carbonyl (C=O) groups excluding carboxylic acids is 1. The number of ether oxygens (including phenoxy) is 2. The standard InChI is InChI=1S/C23H24FN3O3/c1-4-30-19-10-8-16(14-20(19)29-3)9-11-21(28)26-22(23-25-12-13-27(23)2)17-6-5-7-18(24)15-17/h5-15,22H,4H2,1-3H3,(H,26,28)/b11-9+. The largest absolute Gasteiger partial charge is 0.493 e. The molecule has 3 aromatic rings. The van der Waals surface area contributed by atoms with Crippen LogP contribution in [0.25, 0.3) is 6.08 Å². The molecule has 1 aromatic heterocycles. The molecule has 0 aliphatic rings. The van der Waals surface area contributed by atoms with E-state index in [0.717, 1.165) is 5.56 Å². The molecule has 7 heteroatoms. The molecule has 0 spiro atoms. The third-order valence-electron chi connectivity index (χ3n) is 4.50. The Morgan fingerprint density at radius 2 is 2.10 bits per heavy atom. The first-order valence-corrected chi connectivity index (χ1v) is 9.54. The highest BCUT2D eigenvalue weighted by atomic mass is 19.1. The second-order valence-electron chi connectivity index (χ2n) is 6.57. The predicted octanol–water partition coefficient (Wildman–Crippen LogP) is 3.89. The van der Waals surface area contributed by atoms with Crippen LogP contribution in [0.3, 0.4) is 0 Å². The van der Waals surface area contributed by atoms with Gasteiger partial charge < -0.3 is 19.4 Å². The summed E-state index contributed by atoms with van der Waals surface area (Å²) in [5.41, 5.74) is 1.39. The number of hydrogen-bond acceptors (Lipinski definition) is 4. The number of methoxy groups -OCH3 is 1. The zero-order valence-electron chi connectivity index (χ0n) is 17.1. The van der Waals surface area contributed by atoms with Crippen LogP contribution in [0.2, 0.25) is 0 Å². The van der Waals surface area contributed by atoms with Gasteiger partial charge in [-0.05, 0) is 48.4 Å². The van der Waals surface area contributed by atoms with Crippen molar-refractivity contribution >= 4 is 12.0 Å². The van der Waals surface area contributed by atoms with Crippen LogP contribution in [0, 0.1) is 5.82 Å². The lowest BCUT2D eigenvalue weighted by molar-refractivity contribution is -0.117. The zero-order valence-corrected chi connectivity index (χ0v) is 17.1. The SMILES string of the molecule is CCOc1ccc(/C=C/C(=O)NC(c2cccc(F)c2)c2nccn2C)cc1OC. The molecule has 0 saturated carbocycles. The summed E-state index contributed by atoms with van der Waals surface area (Å²) in [5.74, 6) is 1.12. The number of imidazole rings is 1. The molecule has 156 valence electrons. The normalized spacial score (nSPS) is 12.0. The number of carbonyl (C=O) groups is 1. The van der Waals surface area contributed by atoms with Crippen LogP contribution in [-0.4, -0.2) is 29.2 Å². The molecule has 1 atom stereocenters. The molecular formula is C23H24FN3O3. The van der Waals surface area contributed by atoms with Gasteiger partial charge in [0.05, 0.1) is 13.7 Å². The first-order valence-electron chi connectivity index (χ1n) is 9.54. The van der Waals surface area contributed by atoms with Crippen molar-refractivity contribution in [3.05, 3.63) is 83.7 Å². The van der Waals surface area contributed by atoms with Crippen molar-refractivity contribution in [2.75, 3.05) is 13.7 Å². The minimum Gasteiger partial charge on any atom is -0.493 e. The number of halogens is 1. The molecule has 2 aromatic carbocycles. The van der Waals surface area contributed by atoms with Gasteiger partial charge in [0.25, 0.3) is 0 Å². The van der Waals surface area contributed by atoms with Crippen molar-refractivity contribution in [2.45, 2.75) is 13.0 Å². The first kappa shape index (κ1) is 21.1. The van der Waals surface area contributed by atoms with Gasteiger partial charge in [-0.2, -0.15) is 0 Å². The number of nitrogens with zero attached hydrogens (tertiary/aromatic N) is 2. The third kappa shape index (κ3) is 5.05. The van der Waals surface area contributed by atoms with Gasteiger partial charge in [0, 0.05) is 25.5 Å². The van der Waals surface area contributed by atoms with E-state index in [2.05, 4.69) is 10.3 Å². The van der Waals surface area contributed by atoms with Crippen LogP contribution in [0.4, 0.5) is 4.39 Å². The Bertz CT molecular complexity index is 1050. The van der Waals surface area contributed by atoms with Crippen molar-refractivity contribution in [3.63, 3.8) is 0 Å². The van der Waals surface area contributed by atoms with Gasteiger partial charge in [-0.15, -0.1) is 0 Å².